The SMILES string of the molecule is CCNC(c1csnn1)C1CC(C)(C)OC1(C)C. The van der Waals surface area contributed by atoms with Crippen molar-refractivity contribution in [2.75, 3.05) is 6.54 Å². The van der Waals surface area contributed by atoms with E-state index in [1.807, 2.05) is 5.38 Å². The Bertz CT molecular complexity index is 389. The van der Waals surface area contributed by atoms with Gasteiger partial charge in [0.2, 0.25) is 0 Å². The maximum Gasteiger partial charge on any atom is 0.0928 e. The molecule has 0 radical (unpaired) electrons. The van der Waals surface area contributed by atoms with Crippen molar-refractivity contribution in [2.24, 2.45) is 5.92 Å². The van der Waals surface area contributed by atoms with Gasteiger partial charge in [-0.3, -0.25) is 0 Å². The molecule has 2 atom stereocenters. The average Bonchev–Trinajstić information content (AvgIpc) is 2.80. The molecule has 0 aromatic carbocycles. The highest BCUT2D eigenvalue weighted by Crippen LogP contribution is 2.47. The van der Waals surface area contributed by atoms with Crippen molar-refractivity contribution < 1.29 is 4.74 Å². The summed E-state index contributed by atoms with van der Waals surface area (Å²) in [6.45, 7) is 11.7. The largest absolute Gasteiger partial charge is 0.369 e. The zero-order valence-corrected chi connectivity index (χ0v) is 12.7. The Kier molecular flexibility index (Phi) is 3.76. The maximum atomic E-state index is 6.19. The number of rotatable bonds is 4. The van der Waals surface area contributed by atoms with Crippen molar-refractivity contribution in [1.82, 2.24) is 14.9 Å². The van der Waals surface area contributed by atoms with Crippen molar-refractivity contribution in [2.45, 2.75) is 58.3 Å². The summed E-state index contributed by atoms with van der Waals surface area (Å²) in [6.07, 6.45) is 1.04. The molecule has 0 bridgehead atoms. The first-order valence-electron chi connectivity index (χ1n) is 6.56. The van der Waals surface area contributed by atoms with Crippen LogP contribution in [0.3, 0.4) is 0 Å². The van der Waals surface area contributed by atoms with Crippen molar-refractivity contribution in [3.8, 4) is 0 Å². The zero-order chi connectivity index (χ0) is 13.4. The molecule has 4 nitrogen and oxygen atoms in total. The first-order valence-corrected chi connectivity index (χ1v) is 7.40. The first-order chi connectivity index (χ1) is 8.36. The summed E-state index contributed by atoms with van der Waals surface area (Å²) in [5.41, 5.74) is 0.840. The van der Waals surface area contributed by atoms with Crippen LogP contribution in [0.5, 0.6) is 0 Å². The Morgan fingerprint density at radius 1 is 1.50 bits per heavy atom. The summed E-state index contributed by atoms with van der Waals surface area (Å²) in [4.78, 5) is 0. The van der Waals surface area contributed by atoms with Crippen molar-refractivity contribution in [3.05, 3.63) is 11.1 Å². The topological polar surface area (TPSA) is 47.0 Å². The summed E-state index contributed by atoms with van der Waals surface area (Å²) in [5, 5.41) is 9.82. The molecule has 1 aromatic rings. The molecule has 18 heavy (non-hydrogen) atoms. The first kappa shape index (κ1) is 13.9. The lowest BCUT2D eigenvalue weighted by Crippen LogP contribution is -2.38. The second-order valence-electron chi connectivity index (χ2n) is 6.14. The fourth-order valence-electron chi connectivity index (χ4n) is 3.10. The van der Waals surface area contributed by atoms with Crippen molar-refractivity contribution in [1.29, 1.82) is 0 Å². The molecule has 2 heterocycles. The number of hydrogen-bond donors (Lipinski definition) is 1. The van der Waals surface area contributed by atoms with Gasteiger partial charge in [-0.15, -0.1) is 5.10 Å². The van der Waals surface area contributed by atoms with Gasteiger partial charge in [-0.05, 0) is 52.2 Å². The molecule has 0 amide bonds. The Hall–Kier alpha value is -0.520. The van der Waals surface area contributed by atoms with Gasteiger partial charge in [0.25, 0.3) is 0 Å². The van der Waals surface area contributed by atoms with E-state index in [-0.39, 0.29) is 17.2 Å². The van der Waals surface area contributed by atoms with Gasteiger partial charge in [-0.1, -0.05) is 11.4 Å². The van der Waals surface area contributed by atoms with Crippen LogP contribution in [-0.4, -0.2) is 27.3 Å². The monoisotopic (exact) mass is 269 g/mol. The summed E-state index contributed by atoms with van der Waals surface area (Å²) in [5.74, 6) is 0.413. The van der Waals surface area contributed by atoms with E-state index in [1.165, 1.54) is 11.5 Å². The van der Waals surface area contributed by atoms with Crippen LogP contribution in [0.15, 0.2) is 5.38 Å². The number of hydrogen-bond acceptors (Lipinski definition) is 5. The van der Waals surface area contributed by atoms with E-state index < -0.39 is 0 Å². The lowest BCUT2D eigenvalue weighted by atomic mass is 9.80. The zero-order valence-electron chi connectivity index (χ0n) is 11.9. The number of nitrogens with zero attached hydrogens (tertiary/aromatic N) is 2. The lowest BCUT2D eigenvalue weighted by molar-refractivity contribution is -0.0779. The van der Waals surface area contributed by atoms with Crippen LogP contribution in [0.25, 0.3) is 0 Å². The van der Waals surface area contributed by atoms with Gasteiger partial charge < -0.3 is 10.1 Å². The Balaban J connectivity index is 2.26. The second kappa shape index (κ2) is 4.87. The van der Waals surface area contributed by atoms with Crippen LogP contribution >= 0.6 is 11.5 Å². The van der Waals surface area contributed by atoms with Crippen molar-refractivity contribution in [3.63, 3.8) is 0 Å². The van der Waals surface area contributed by atoms with E-state index in [1.54, 1.807) is 0 Å². The molecule has 102 valence electrons. The predicted octanol–water partition coefficient (Wildman–Crippen LogP) is 2.78. The number of ether oxygens (including phenoxy) is 1. The molecule has 0 spiro atoms. The summed E-state index contributed by atoms with van der Waals surface area (Å²) >= 11 is 1.41. The fourth-order valence-corrected chi connectivity index (χ4v) is 3.59. The van der Waals surface area contributed by atoms with Gasteiger partial charge in [0, 0.05) is 11.3 Å². The quantitative estimate of drug-likeness (QED) is 0.913. The lowest BCUT2D eigenvalue weighted by Gasteiger charge is -2.32. The highest BCUT2D eigenvalue weighted by Gasteiger charge is 2.49. The van der Waals surface area contributed by atoms with Gasteiger partial charge in [-0.25, -0.2) is 0 Å². The molecule has 2 unspecified atom stereocenters. The normalized spacial score (nSPS) is 27.3. The van der Waals surface area contributed by atoms with Gasteiger partial charge in [-0.2, -0.15) is 0 Å². The summed E-state index contributed by atoms with van der Waals surface area (Å²) in [6, 6.07) is 0.227. The summed E-state index contributed by atoms with van der Waals surface area (Å²) < 4.78 is 10.2. The third-order valence-electron chi connectivity index (χ3n) is 3.67. The molecule has 2 rings (SSSR count). The molecule has 1 aliphatic rings. The van der Waals surface area contributed by atoms with Gasteiger partial charge in [0.15, 0.2) is 0 Å². The Morgan fingerprint density at radius 3 is 2.67 bits per heavy atom. The molecular weight excluding hydrogens is 246 g/mol. The molecule has 1 aliphatic heterocycles. The third-order valence-corrected chi connectivity index (χ3v) is 4.19. The molecule has 5 heteroatoms. The Labute approximate surface area is 113 Å². The highest BCUT2D eigenvalue weighted by atomic mass is 32.1. The molecule has 0 aliphatic carbocycles. The number of aromatic nitrogens is 2. The minimum absolute atomic E-state index is 0.0642. The van der Waals surface area contributed by atoms with E-state index >= 15 is 0 Å². The van der Waals surface area contributed by atoms with E-state index in [0.717, 1.165) is 18.7 Å². The average molecular weight is 269 g/mol. The minimum atomic E-state index is -0.139. The van der Waals surface area contributed by atoms with Crippen LogP contribution in [0, 0.1) is 5.92 Å². The van der Waals surface area contributed by atoms with Gasteiger partial charge >= 0.3 is 0 Å². The molecular formula is C13H23N3OS. The number of nitrogens with one attached hydrogen (secondary N) is 1. The van der Waals surface area contributed by atoms with Crippen LogP contribution in [-0.2, 0) is 4.74 Å². The molecule has 1 saturated heterocycles. The van der Waals surface area contributed by atoms with E-state index in [4.69, 9.17) is 4.74 Å². The fraction of sp³-hybridized carbons (Fsp3) is 0.846. The van der Waals surface area contributed by atoms with E-state index in [2.05, 4.69) is 49.5 Å². The molecule has 1 aromatic heterocycles. The van der Waals surface area contributed by atoms with Crippen LogP contribution < -0.4 is 5.32 Å². The Morgan fingerprint density at radius 2 is 2.22 bits per heavy atom. The maximum absolute atomic E-state index is 6.19. The van der Waals surface area contributed by atoms with Crippen LogP contribution in [0.4, 0.5) is 0 Å². The highest BCUT2D eigenvalue weighted by molar-refractivity contribution is 7.03. The smallest absolute Gasteiger partial charge is 0.0928 e. The van der Waals surface area contributed by atoms with E-state index in [0.29, 0.717) is 5.92 Å². The second-order valence-corrected chi connectivity index (χ2v) is 6.75. The predicted molar refractivity (Wildman–Crippen MR) is 73.7 cm³/mol. The molecule has 1 N–H and O–H groups in total. The van der Waals surface area contributed by atoms with Gasteiger partial charge in [0.1, 0.15) is 0 Å². The minimum Gasteiger partial charge on any atom is -0.369 e. The van der Waals surface area contributed by atoms with Gasteiger partial charge in [0.05, 0.1) is 22.9 Å². The van der Waals surface area contributed by atoms with E-state index in [9.17, 15) is 0 Å². The van der Waals surface area contributed by atoms with Crippen molar-refractivity contribution >= 4 is 11.5 Å². The van der Waals surface area contributed by atoms with Crippen LogP contribution in [0.2, 0.25) is 0 Å². The third kappa shape index (κ3) is 2.73. The molecule has 0 saturated carbocycles. The standard InChI is InChI=1S/C13H23N3OS/c1-6-14-11(10-8-18-16-15-10)9-7-12(2,3)17-13(9,4)5/h8-9,11,14H,6-7H2,1-5H3. The van der Waals surface area contributed by atoms with Crippen LogP contribution in [0.1, 0.15) is 52.8 Å². The summed E-state index contributed by atoms with van der Waals surface area (Å²) in [7, 11) is 0. The molecule has 1 fully saturated rings.